The van der Waals surface area contributed by atoms with Gasteiger partial charge in [-0.05, 0) is 12.1 Å². The van der Waals surface area contributed by atoms with Crippen LogP contribution in [0.1, 0.15) is 0 Å². The van der Waals surface area contributed by atoms with E-state index in [1.165, 1.54) is 19.2 Å². The van der Waals surface area contributed by atoms with Crippen molar-refractivity contribution in [2.45, 2.75) is 0 Å². The van der Waals surface area contributed by atoms with Gasteiger partial charge >= 0.3 is 0 Å². The summed E-state index contributed by atoms with van der Waals surface area (Å²) < 4.78 is 18.1. The summed E-state index contributed by atoms with van der Waals surface area (Å²) in [5, 5.41) is 5.91. The van der Waals surface area contributed by atoms with Crippen molar-refractivity contribution in [3.05, 3.63) is 36.4 Å². The van der Waals surface area contributed by atoms with Gasteiger partial charge in [0, 0.05) is 13.1 Å². The minimum Gasteiger partial charge on any atom is -0.494 e. The zero-order valence-electron chi connectivity index (χ0n) is 10.1. The van der Waals surface area contributed by atoms with Crippen molar-refractivity contribution in [1.82, 2.24) is 9.97 Å². The second-order valence-corrected chi connectivity index (χ2v) is 3.51. The van der Waals surface area contributed by atoms with E-state index in [1.807, 2.05) is 0 Å². The standard InChI is InChI=1S/C12H13FN4O/c1-14-11-6-15-7-12(17-11)16-9-4-3-8(13)5-10(9)18-2/h3-7H,1-2H3,(H2,14,16,17). The highest BCUT2D eigenvalue weighted by molar-refractivity contribution is 5.64. The number of methoxy groups -OCH3 is 1. The van der Waals surface area contributed by atoms with Crippen molar-refractivity contribution in [3.63, 3.8) is 0 Å². The molecule has 0 aliphatic carbocycles. The quantitative estimate of drug-likeness (QED) is 0.870. The molecule has 18 heavy (non-hydrogen) atoms. The molecule has 5 nitrogen and oxygen atoms in total. The zero-order valence-corrected chi connectivity index (χ0v) is 10.1. The van der Waals surface area contributed by atoms with Crippen molar-refractivity contribution in [3.8, 4) is 5.75 Å². The van der Waals surface area contributed by atoms with E-state index in [4.69, 9.17) is 4.74 Å². The molecule has 0 unspecified atom stereocenters. The average Bonchev–Trinajstić information content (AvgIpc) is 2.41. The van der Waals surface area contributed by atoms with Gasteiger partial charge in [-0.2, -0.15) is 0 Å². The van der Waals surface area contributed by atoms with Gasteiger partial charge in [0.1, 0.15) is 17.4 Å². The third-order valence-electron chi connectivity index (χ3n) is 2.32. The van der Waals surface area contributed by atoms with Crippen LogP contribution in [0.25, 0.3) is 0 Å². The summed E-state index contributed by atoms with van der Waals surface area (Å²) in [7, 11) is 3.24. The topological polar surface area (TPSA) is 59.1 Å². The summed E-state index contributed by atoms with van der Waals surface area (Å²) in [5.74, 6) is 1.24. The minimum atomic E-state index is -0.354. The molecule has 0 saturated heterocycles. The summed E-state index contributed by atoms with van der Waals surface area (Å²) in [6, 6.07) is 4.24. The molecular formula is C12H13FN4O. The highest BCUT2D eigenvalue weighted by atomic mass is 19.1. The van der Waals surface area contributed by atoms with Gasteiger partial charge in [-0.3, -0.25) is 4.98 Å². The normalized spacial score (nSPS) is 9.94. The van der Waals surface area contributed by atoms with Crippen molar-refractivity contribution in [2.24, 2.45) is 0 Å². The maximum Gasteiger partial charge on any atom is 0.151 e. The molecular weight excluding hydrogens is 235 g/mol. The Kier molecular flexibility index (Phi) is 3.57. The van der Waals surface area contributed by atoms with Crippen LogP contribution in [0.2, 0.25) is 0 Å². The number of halogens is 1. The molecule has 0 amide bonds. The Labute approximate surface area is 104 Å². The summed E-state index contributed by atoms with van der Waals surface area (Å²) in [4.78, 5) is 8.27. The molecule has 1 heterocycles. The molecule has 6 heteroatoms. The van der Waals surface area contributed by atoms with Gasteiger partial charge in [0.15, 0.2) is 5.82 Å². The fourth-order valence-electron chi connectivity index (χ4n) is 1.45. The van der Waals surface area contributed by atoms with Gasteiger partial charge in [0.05, 0.1) is 25.2 Å². The minimum absolute atomic E-state index is 0.354. The van der Waals surface area contributed by atoms with Crippen LogP contribution < -0.4 is 15.4 Å². The number of ether oxygens (including phenoxy) is 1. The second-order valence-electron chi connectivity index (χ2n) is 3.51. The molecule has 0 spiro atoms. The maximum atomic E-state index is 13.0. The Morgan fingerprint density at radius 2 is 2.00 bits per heavy atom. The number of anilines is 3. The molecule has 2 N–H and O–H groups in total. The molecule has 1 aromatic heterocycles. The van der Waals surface area contributed by atoms with Crippen molar-refractivity contribution in [1.29, 1.82) is 0 Å². The molecule has 2 rings (SSSR count). The number of rotatable bonds is 4. The monoisotopic (exact) mass is 248 g/mol. The number of nitrogens with zero attached hydrogens (tertiary/aromatic N) is 2. The molecule has 94 valence electrons. The first-order valence-electron chi connectivity index (χ1n) is 5.33. The average molecular weight is 248 g/mol. The van der Waals surface area contributed by atoms with E-state index in [2.05, 4.69) is 20.6 Å². The number of hydrogen-bond acceptors (Lipinski definition) is 5. The number of aromatic nitrogens is 2. The fourth-order valence-corrected chi connectivity index (χ4v) is 1.45. The van der Waals surface area contributed by atoms with E-state index < -0.39 is 0 Å². The molecule has 0 saturated carbocycles. The zero-order chi connectivity index (χ0) is 13.0. The predicted octanol–water partition coefficient (Wildman–Crippen LogP) is 2.41. The molecule has 0 aliphatic rings. The molecule has 0 bridgehead atoms. The van der Waals surface area contributed by atoms with Crippen LogP contribution in [0.3, 0.4) is 0 Å². The van der Waals surface area contributed by atoms with E-state index in [-0.39, 0.29) is 5.82 Å². The largest absolute Gasteiger partial charge is 0.494 e. The van der Waals surface area contributed by atoms with Crippen LogP contribution in [0.5, 0.6) is 5.75 Å². The molecule has 0 fully saturated rings. The van der Waals surface area contributed by atoms with Crippen LogP contribution in [-0.4, -0.2) is 24.1 Å². The van der Waals surface area contributed by atoms with E-state index in [9.17, 15) is 4.39 Å². The van der Waals surface area contributed by atoms with Crippen LogP contribution in [0, 0.1) is 5.82 Å². The van der Waals surface area contributed by atoms with Crippen LogP contribution >= 0.6 is 0 Å². The lowest BCUT2D eigenvalue weighted by Gasteiger charge is -2.10. The second kappa shape index (κ2) is 5.31. The van der Waals surface area contributed by atoms with Crippen molar-refractivity contribution < 1.29 is 9.13 Å². The number of nitrogens with one attached hydrogen (secondary N) is 2. The van der Waals surface area contributed by atoms with Gasteiger partial charge in [-0.25, -0.2) is 9.37 Å². The van der Waals surface area contributed by atoms with Gasteiger partial charge in [0.2, 0.25) is 0 Å². The van der Waals surface area contributed by atoms with Gasteiger partial charge in [-0.15, -0.1) is 0 Å². The van der Waals surface area contributed by atoms with Gasteiger partial charge in [0.25, 0.3) is 0 Å². The molecule has 1 aromatic carbocycles. The van der Waals surface area contributed by atoms with E-state index >= 15 is 0 Å². The van der Waals surface area contributed by atoms with Crippen LogP contribution in [0.4, 0.5) is 21.7 Å². The van der Waals surface area contributed by atoms with E-state index in [1.54, 1.807) is 25.5 Å². The lowest BCUT2D eigenvalue weighted by atomic mass is 10.3. The van der Waals surface area contributed by atoms with Gasteiger partial charge < -0.3 is 15.4 Å². The number of hydrogen-bond donors (Lipinski definition) is 2. The highest BCUT2D eigenvalue weighted by Gasteiger charge is 2.06. The Bertz CT molecular complexity index is 547. The highest BCUT2D eigenvalue weighted by Crippen LogP contribution is 2.27. The summed E-state index contributed by atoms with van der Waals surface area (Å²) >= 11 is 0. The molecule has 0 radical (unpaired) electrons. The third kappa shape index (κ3) is 2.65. The Hall–Kier alpha value is -2.37. The van der Waals surface area contributed by atoms with Gasteiger partial charge in [-0.1, -0.05) is 0 Å². The Balaban J connectivity index is 2.27. The SMILES string of the molecule is CNc1cncc(Nc2ccc(F)cc2OC)n1. The van der Waals surface area contributed by atoms with E-state index in [0.29, 0.717) is 23.1 Å². The first-order valence-corrected chi connectivity index (χ1v) is 5.33. The Morgan fingerprint density at radius 1 is 1.22 bits per heavy atom. The van der Waals surface area contributed by atoms with Crippen LogP contribution in [0.15, 0.2) is 30.6 Å². The van der Waals surface area contributed by atoms with Crippen LogP contribution in [-0.2, 0) is 0 Å². The number of benzene rings is 1. The summed E-state index contributed by atoms with van der Waals surface area (Å²) in [6.45, 7) is 0. The fraction of sp³-hybridized carbons (Fsp3) is 0.167. The molecule has 2 aromatic rings. The van der Waals surface area contributed by atoms with E-state index in [0.717, 1.165) is 0 Å². The first kappa shape index (κ1) is 12.1. The molecule has 0 aliphatic heterocycles. The molecule has 0 atom stereocenters. The smallest absolute Gasteiger partial charge is 0.151 e. The lowest BCUT2D eigenvalue weighted by Crippen LogP contribution is -2.00. The summed E-state index contributed by atoms with van der Waals surface area (Å²) in [5.41, 5.74) is 0.626. The van der Waals surface area contributed by atoms with Crippen molar-refractivity contribution >= 4 is 17.3 Å². The predicted molar refractivity (Wildman–Crippen MR) is 67.8 cm³/mol. The summed E-state index contributed by atoms with van der Waals surface area (Å²) in [6.07, 6.45) is 3.18. The first-order chi connectivity index (χ1) is 8.72. The third-order valence-corrected chi connectivity index (χ3v) is 2.32. The maximum absolute atomic E-state index is 13.0. The van der Waals surface area contributed by atoms with Crippen molar-refractivity contribution in [2.75, 3.05) is 24.8 Å². The Morgan fingerprint density at radius 3 is 2.72 bits per heavy atom. The lowest BCUT2D eigenvalue weighted by molar-refractivity contribution is 0.413.